The molecule has 1 aliphatic heterocycles. The van der Waals surface area contributed by atoms with Crippen LogP contribution < -0.4 is 15.4 Å². The molecular formula is C16H25N3O. The van der Waals surface area contributed by atoms with Crippen molar-refractivity contribution in [3.05, 3.63) is 24.3 Å². The van der Waals surface area contributed by atoms with E-state index in [1.807, 2.05) is 24.3 Å². The average Bonchev–Trinajstić information content (AvgIpc) is 2.85. The lowest BCUT2D eigenvalue weighted by Gasteiger charge is -2.26. The van der Waals surface area contributed by atoms with Crippen LogP contribution in [0.25, 0.3) is 0 Å². The van der Waals surface area contributed by atoms with Gasteiger partial charge in [-0.1, -0.05) is 32.6 Å². The number of ether oxygens (including phenoxy) is 1. The van der Waals surface area contributed by atoms with E-state index in [1.54, 1.807) is 7.11 Å². The fraction of sp³-hybridized carbons (Fsp3) is 0.562. The summed E-state index contributed by atoms with van der Waals surface area (Å²) >= 11 is 0. The van der Waals surface area contributed by atoms with Crippen molar-refractivity contribution < 1.29 is 4.74 Å². The SMILES string of the molecule is CCCCCCC1CN=C(N)N1c1ccc(OC)cc1. The zero-order valence-electron chi connectivity index (χ0n) is 12.5. The first-order valence-corrected chi connectivity index (χ1v) is 7.49. The van der Waals surface area contributed by atoms with Gasteiger partial charge in [-0.3, -0.25) is 4.99 Å². The number of anilines is 1. The van der Waals surface area contributed by atoms with Crippen LogP contribution in [0.15, 0.2) is 29.3 Å². The van der Waals surface area contributed by atoms with Crippen molar-refractivity contribution in [1.82, 2.24) is 0 Å². The zero-order chi connectivity index (χ0) is 14.4. The Hall–Kier alpha value is -1.71. The highest BCUT2D eigenvalue weighted by atomic mass is 16.5. The monoisotopic (exact) mass is 275 g/mol. The molecule has 110 valence electrons. The number of hydrogen-bond donors (Lipinski definition) is 1. The number of unbranched alkanes of at least 4 members (excludes halogenated alkanes) is 3. The minimum Gasteiger partial charge on any atom is -0.497 e. The average molecular weight is 275 g/mol. The van der Waals surface area contributed by atoms with Crippen LogP contribution in [0.5, 0.6) is 5.75 Å². The summed E-state index contributed by atoms with van der Waals surface area (Å²) in [4.78, 5) is 6.56. The van der Waals surface area contributed by atoms with Gasteiger partial charge in [-0.2, -0.15) is 0 Å². The molecule has 0 spiro atoms. The van der Waals surface area contributed by atoms with Crippen LogP contribution in [0, 0.1) is 0 Å². The summed E-state index contributed by atoms with van der Waals surface area (Å²) in [5, 5.41) is 0. The number of methoxy groups -OCH3 is 1. The van der Waals surface area contributed by atoms with E-state index in [9.17, 15) is 0 Å². The van der Waals surface area contributed by atoms with Gasteiger partial charge in [-0.05, 0) is 30.7 Å². The molecule has 0 amide bonds. The summed E-state index contributed by atoms with van der Waals surface area (Å²) in [5.41, 5.74) is 7.15. The quantitative estimate of drug-likeness (QED) is 0.778. The van der Waals surface area contributed by atoms with Gasteiger partial charge in [0.2, 0.25) is 0 Å². The Kier molecular flexibility index (Phi) is 5.27. The molecule has 20 heavy (non-hydrogen) atoms. The first kappa shape index (κ1) is 14.7. The number of guanidine groups is 1. The van der Waals surface area contributed by atoms with Gasteiger partial charge in [-0.15, -0.1) is 0 Å². The maximum Gasteiger partial charge on any atom is 0.196 e. The maximum atomic E-state index is 6.05. The summed E-state index contributed by atoms with van der Waals surface area (Å²) in [6.07, 6.45) is 6.27. The van der Waals surface area contributed by atoms with Gasteiger partial charge < -0.3 is 15.4 Å². The van der Waals surface area contributed by atoms with Crippen LogP contribution in [0.2, 0.25) is 0 Å². The molecule has 0 aliphatic carbocycles. The molecule has 4 nitrogen and oxygen atoms in total. The molecule has 0 fully saturated rings. The topological polar surface area (TPSA) is 50.8 Å². The molecule has 0 aromatic heterocycles. The third-order valence-electron chi connectivity index (χ3n) is 3.82. The zero-order valence-corrected chi connectivity index (χ0v) is 12.5. The van der Waals surface area contributed by atoms with Crippen molar-refractivity contribution in [3.8, 4) is 5.75 Å². The minimum atomic E-state index is 0.403. The predicted octanol–water partition coefficient (Wildman–Crippen LogP) is 3.17. The second-order valence-electron chi connectivity index (χ2n) is 5.27. The Labute approximate surface area is 121 Å². The lowest BCUT2D eigenvalue weighted by atomic mass is 10.1. The Morgan fingerprint density at radius 2 is 2.00 bits per heavy atom. The normalized spacial score (nSPS) is 18.2. The number of nitrogens with zero attached hydrogens (tertiary/aromatic N) is 2. The van der Waals surface area contributed by atoms with E-state index in [1.165, 1.54) is 25.7 Å². The van der Waals surface area contributed by atoms with Crippen LogP contribution in [-0.2, 0) is 0 Å². The molecule has 1 aromatic carbocycles. The second-order valence-corrected chi connectivity index (χ2v) is 5.27. The summed E-state index contributed by atoms with van der Waals surface area (Å²) in [6.45, 7) is 3.05. The van der Waals surface area contributed by atoms with E-state index in [0.717, 1.165) is 24.4 Å². The fourth-order valence-electron chi connectivity index (χ4n) is 2.66. The van der Waals surface area contributed by atoms with Gasteiger partial charge >= 0.3 is 0 Å². The molecule has 4 heteroatoms. The fourth-order valence-corrected chi connectivity index (χ4v) is 2.66. The third-order valence-corrected chi connectivity index (χ3v) is 3.82. The largest absolute Gasteiger partial charge is 0.497 e. The molecule has 2 N–H and O–H groups in total. The Morgan fingerprint density at radius 1 is 1.25 bits per heavy atom. The second kappa shape index (κ2) is 7.17. The number of rotatable bonds is 7. The maximum absolute atomic E-state index is 6.05. The lowest BCUT2D eigenvalue weighted by Crippen LogP contribution is -2.40. The van der Waals surface area contributed by atoms with E-state index < -0.39 is 0 Å². The molecule has 0 saturated carbocycles. The Bertz CT molecular complexity index is 442. The molecule has 1 unspecified atom stereocenters. The Morgan fingerprint density at radius 3 is 2.65 bits per heavy atom. The van der Waals surface area contributed by atoms with E-state index in [-0.39, 0.29) is 0 Å². The molecule has 1 aliphatic rings. The predicted molar refractivity (Wildman–Crippen MR) is 84.5 cm³/mol. The highest BCUT2D eigenvalue weighted by Crippen LogP contribution is 2.26. The number of aliphatic imine (C=N–C) groups is 1. The van der Waals surface area contributed by atoms with E-state index in [2.05, 4.69) is 16.8 Å². The minimum absolute atomic E-state index is 0.403. The van der Waals surface area contributed by atoms with Crippen LogP contribution in [-0.4, -0.2) is 25.7 Å². The lowest BCUT2D eigenvalue weighted by molar-refractivity contribution is 0.415. The van der Waals surface area contributed by atoms with E-state index in [4.69, 9.17) is 10.5 Å². The van der Waals surface area contributed by atoms with Gasteiger partial charge in [0.25, 0.3) is 0 Å². The molecule has 2 rings (SSSR count). The van der Waals surface area contributed by atoms with E-state index >= 15 is 0 Å². The molecule has 1 aromatic rings. The summed E-state index contributed by atoms with van der Waals surface area (Å²) < 4.78 is 5.20. The van der Waals surface area contributed by atoms with Crippen LogP contribution in [0.4, 0.5) is 5.69 Å². The third kappa shape index (κ3) is 3.44. The first-order valence-electron chi connectivity index (χ1n) is 7.49. The summed E-state index contributed by atoms with van der Waals surface area (Å²) in [6, 6.07) is 8.43. The first-order chi connectivity index (χ1) is 9.76. The molecule has 1 atom stereocenters. The summed E-state index contributed by atoms with van der Waals surface area (Å²) in [7, 11) is 1.68. The number of hydrogen-bond acceptors (Lipinski definition) is 4. The van der Waals surface area contributed by atoms with Crippen molar-refractivity contribution in [1.29, 1.82) is 0 Å². The van der Waals surface area contributed by atoms with Gasteiger partial charge in [0.05, 0.1) is 19.7 Å². The van der Waals surface area contributed by atoms with Crippen LogP contribution >= 0.6 is 0 Å². The van der Waals surface area contributed by atoms with Crippen molar-refractivity contribution in [3.63, 3.8) is 0 Å². The highest BCUT2D eigenvalue weighted by Gasteiger charge is 2.26. The number of benzene rings is 1. The summed E-state index contributed by atoms with van der Waals surface area (Å²) in [5.74, 6) is 1.50. The van der Waals surface area contributed by atoms with Crippen LogP contribution in [0.3, 0.4) is 0 Å². The van der Waals surface area contributed by atoms with Crippen molar-refractivity contribution >= 4 is 11.6 Å². The van der Waals surface area contributed by atoms with Crippen molar-refractivity contribution in [2.75, 3.05) is 18.6 Å². The molecule has 1 heterocycles. The standard InChI is InChI=1S/C16H25N3O/c1-3-4-5-6-7-14-12-18-16(17)19(14)13-8-10-15(20-2)11-9-13/h8-11,14H,3-7,12H2,1-2H3,(H2,17,18). The molecular weight excluding hydrogens is 250 g/mol. The highest BCUT2D eigenvalue weighted by molar-refractivity contribution is 5.97. The Balaban J connectivity index is 1.99. The molecule has 0 bridgehead atoms. The molecule has 0 saturated heterocycles. The number of nitrogens with two attached hydrogens (primary N) is 1. The van der Waals surface area contributed by atoms with Gasteiger partial charge in [-0.25, -0.2) is 0 Å². The van der Waals surface area contributed by atoms with Crippen molar-refractivity contribution in [2.45, 2.75) is 45.1 Å². The van der Waals surface area contributed by atoms with Gasteiger partial charge in [0, 0.05) is 5.69 Å². The molecule has 0 radical (unpaired) electrons. The van der Waals surface area contributed by atoms with Gasteiger partial charge in [0.15, 0.2) is 5.96 Å². The smallest absolute Gasteiger partial charge is 0.196 e. The van der Waals surface area contributed by atoms with Gasteiger partial charge in [0.1, 0.15) is 5.75 Å². The van der Waals surface area contributed by atoms with Crippen LogP contribution in [0.1, 0.15) is 39.0 Å². The van der Waals surface area contributed by atoms with E-state index in [0.29, 0.717) is 12.0 Å². The van der Waals surface area contributed by atoms with Crippen molar-refractivity contribution in [2.24, 2.45) is 10.7 Å².